The van der Waals surface area contributed by atoms with E-state index in [1.807, 2.05) is 24.5 Å². The highest BCUT2D eigenvalue weighted by Crippen LogP contribution is 2.34. The maximum Gasteiger partial charge on any atom is 0.238 e. The molecule has 2 N–H and O–H groups in total. The molecule has 0 fully saturated rings. The van der Waals surface area contributed by atoms with E-state index in [0.717, 1.165) is 29.4 Å². The molecule has 0 aliphatic heterocycles. The molecule has 0 saturated heterocycles. The Morgan fingerprint density at radius 2 is 1.86 bits per heavy atom. The predicted octanol–water partition coefficient (Wildman–Crippen LogP) is 4.36. The molecule has 3 aromatic rings. The lowest BCUT2D eigenvalue weighted by molar-refractivity contribution is 0.112. The molecule has 0 amide bonds. The Kier molecular flexibility index (Phi) is 5.65. The molecule has 2 aromatic carbocycles. The maximum atomic E-state index is 13.7. The van der Waals surface area contributed by atoms with Crippen LogP contribution in [-0.4, -0.2) is 19.3 Å². The highest BCUT2D eigenvalue weighted by molar-refractivity contribution is 7.89. The van der Waals surface area contributed by atoms with E-state index < -0.39 is 15.8 Å². The Morgan fingerprint density at radius 1 is 1.17 bits per heavy atom. The van der Waals surface area contributed by atoms with Crippen molar-refractivity contribution in [3.05, 3.63) is 64.1 Å². The molecule has 0 spiro atoms. The van der Waals surface area contributed by atoms with Gasteiger partial charge in [0.1, 0.15) is 5.82 Å². The van der Waals surface area contributed by atoms with E-state index in [1.165, 1.54) is 12.1 Å². The van der Waals surface area contributed by atoms with E-state index >= 15 is 0 Å². The summed E-state index contributed by atoms with van der Waals surface area (Å²) in [6.45, 7) is 8.06. The Balaban J connectivity index is 2.16. The first-order valence-electron chi connectivity index (χ1n) is 9.45. The number of aldehydes is 1. The van der Waals surface area contributed by atoms with Crippen molar-refractivity contribution < 1.29 is 17.6 Å². The van der Waals surface area contributed by atoms with Gasteiger partial charge in [0.2, 0.25) is 10.0 Å². The van der Waals surface area contributed by atoms with Crippen LogP contribution in [0.1, 0.15) is 51.9 Å². The number of hydrogen-bond acceptors (Lipinski definition) is 3. The minimum Gasteiger partial charge on any atom is -0.346 e. The molecule has 154 valence electrons. The van der Waals surface area contributed by atoms with Gasteiger partial charge < -0.3 is 4.57 Å². The van der Waals surface area contributed by atoms with Gasteiger partial charge in [-0.15, -0.1) is 0 Å². The van der Waals surface area contributed by atoms with Gasteiger partial charge in [-0.25, -0.2) is 17.9 Å². The Morgan fingerprint density at radius 3 is 2.45 bits per heavy atom. The number of hydrogen-bond donors (Lipinski definition) is 1. The Hall–Kier alpha value is -2.51. The van der Waals surface area contributed by atoms with Crippen LogP contribution in [0, 0.1) is 26.6 Å². The topological polar surface area (TPSA) is 82.2 Å². The highest BCUT2D eigenvalue weighted by Gasteiger charge is 2.24. The number of nitrogens with zero attached hydrogens (tertiary/aromatic N) is 1. The number of rotatable bonds is 6. The molecular formula is C22H25FN2O3S. The number of fused-ring (bicyclic) bond motifs is 1. The van der Waals surface area contributed by atoms with Crippen LogP contribution in [0.5, 0.6) is 0 Å². The molecular weight excluding hydrogens is 391 g/mol. The van der Waals surface area contributed by atoms with Crippen LogP contribution in [0.4, 0.5) is 4.39 Å². The number of nitrogens with two attached hydrogens (primary N) is 1. The summed E-state index contributed by atoms with van der Waals surface area (Å²) in [4.78, 5) is 11.6. The number of aryl methyl sites for hydroxylation is 2. The molecule has 0 unspecified atom stereocenters. The summed E-state index contributed by atoms with van der Waals surface area (Å²) in [5, 5.41) is 6.04. The minimum atomic E-state index is -3.85. The number of halogens is 1. The summed E-state index contributed by atoms with van der Waals surface area (Å²) in [6, 6.07) is 6.24. The molecule has 3 rings (SSSR count). The Bertz CT molecular complexity index is 1210. The van der Waals surface area contributed by atoms with Crippen molar-refractivity contribution in [1.82, 2.24) is 4.57 Å². The van der Waals surface area contributed by atoms with Crippen molar-refractivity contribution in [3.8, 4) is 0 Å². The average Bonchev–Trinajstić information content (AvgIpc) is 2.95. The van der Waals surface area contributed by atoms with Gasteiger partial charge in [0.25, 0.3) is 0 Å². The van der Waals surface area contributed by atoms with Crippen molar-refractivity contribution in [2.45, 2.75) is 51.5 Å². The van der Waals surface area contributed by atoms with Gasteiger partial charge in [0.05, 0.1) is 4.90 Å². The fourth-order valence-corrected chi connectivity index (χ4v) is 5.50. The standard InChI is InChI=1S/C22H25FN2O3S/c1-5-16(21-13(2)8-14(3)22(15(21)4)29(24,27)28)10-25-11-17(12-26)19-9-18(23)6-7-20(19)25/h6-9,11-12,16H,5,10H2,1-4H3,(H2,24,27,28)/t16-/m1/s1. The second-order valence-corrected chi connectivity index (χ2v) is 9.04. The summed E-state index contributed by atoms with van der Waals surface area (Å²) in [5.41, 5.74) is 4.43. The van der Waals surface area contributed by atoms with E-state index in [4.69, 9.17) is 5.14 Å². The fraction of sp³-hybridized carbons (Fsp3) is 0.318. The lowest BCUT2D eigenvalue weighted by Crippen LogP contribution is -2.19. The first kappa shape index (κ1) is 21.2. The number of benzene rings is 2. The van der Waals surface area contributed by atoms with Crippen molar-refractivity contribution in [3.63, 3.8) is 0 Å². The molecule has 0 aliphatic carbocycles. The summed E-state index contributed by atoms with van der Waals surface area (Å²) in [5.74, 6) is -0.398. The zero-order valence-corrected chi connectivity index (χ0v) is 17.8. The van der Waals surface area contributed by atoms with Crippen LogP contribution in [0.15, 0.2) is 35.4 Å². The van der Waals surface area contributed by atoms with E-state index in [-0.39, 0.29) is 10.8 Å². The molecule has 5 nitrogen and oxygen atoms in total. The number of carbonyl (C=O) groups is 1. The van der Waals surface area contributed by atoms with E-state index in [1.54, 1.807) is 26.1 Å². The molecule has 1 aromatic heterocycles. The van der Waals surface area contributed by atoms with Crippen LogP contribution in [0.25, 0.3) is 10.9 Å². The summed E-state index contributed by atoms with van der Waals surface area (Å²) in [7, 11) is -3.85. The Labute approximate surface area is 170 Å². The van der Waals surface area contributed by atoms with E-state index in [0.29, 0.717) is 28.6 Å². The monoisotopic (exact) mass is 416 g/mol. The van der Waals surface area contributed by atoms with Gasteiger partial charge >= 0.3 is 0 Å². The van der Waals surface area contributed by atoms with Gasteiger partial charge in [-0.3, -0.25) is 4.79 Å². The third-order valence-electron chi connectivity index (χ3n) is 5.56. The van der Waals surface area contributed by atoms with Crippen LogP contribution < -0.4 is 5.14 Å². The second kappa shape index (κ2) is 7.72. The fourth-order valence-electron chi connectivity index (χ4n) is 4.45. The average molecular weight is 417 g/mol. The first-order valence-corrected chi connectivity index (χ1v) is 11.0. The first-order chi connectivity index (χ1) is 13.6. The lowest BCUT2D eigenvalue weighted by Gasteiger charge is -2.24. The largest absolute Gasteiger partial charge is 0.346 e. The molecule has 1 atom stereocenters. The predicted molar refractivity (Wildman–Crippen MR) is 112 cm³/mol. The van der Waals surface area contributed by atoms with Gasteiger partial charge in [-0.2, -0.15) is 0 Å². The van der Waals surface area contributed by atoms with Crippen molar-refractivity contribution >= 4 is 27.2 Å². The number of primary sulfonamides is 1. The van der Waals surface area contributed by atoms with Gasteiger partial charge in [0, 0.05) is 35.1 Å². The molecule has 0 radical (unpaired) electrons. The zero-order valence-electron chi connectivity index (χ0n) is 17.0. The van der Waals surface area contributed by atoms with Gasteiger partial charge in [-0.1, -0.05) is 13.0 Å². The van der Waals surface area contributed by atoms with Crippen molar-refractivity contribution in [2.24, 2.45) is 5.14 Å². The van der Waals surface area contributed by atoms with Crippen molar-refractivity contribution in [1.29, 1.82) is 0 Å². The number of carbonyl (C=O) groups excluding carboxylic acids is 1. The lowest BCUT2D eigenvalue weighted by atomic mass is 9.87. The number of aromatic nitrogens is 1. The number of sulfonamides is 1. The highest BCUT2D eigenvalue weighted by atomic mass is 32.2. The zero-order chi connectivity index (χ0) is 21.5. The normalized spacial score (nSPS) is 13.0. The van der Waals surface area contributed by atoms with Crippen LogP contribution in [0.2, 0.25) is 0 Å². The van der Waals surface area contributed by atoms with E-state index in [2.05, 4.69) is 0 Å². The quantitative estimate of drug-likeness (QED) is 0.606. The minimum absolute atomic E-state index is 0.00347. The smallest absolute Gasteiger partial charge is 0.238 e. The third kappa shape index (κ3) is 3.84. The second-order valence-electron chi connectivity index (χ2n) is 7.54. The molecule has 0 saturated carbocycles. The molecule has 0 aliphatic rings. The van der Waals surface area contributed by atoms with E-state index in [9.17, 15) is 17.6 Å². The van der Waals surface area contributed by atoms with Gasteiger partial charge in [-0.05, 0) is 67.6 Å². The van der Waals surface area contributed by atoms with Crippen LogP contribution >= 0.6 is 0 Å². The molecule has 1 heterocycles. The molecule has 0 bridgehead atoms. The summed E-state index contributed by atoms with van der Waals surface area (Å²) >= 11 is 0. The molecule has 7 heteroatoms. The summed E-state index contributed by atoms with van der Waals surface area (Å²) in [6.07, 6.45) is 3.20. The maximum absolute atomic E-state index is 13.7. The van der Waals surface area contributed by atoms with Crippen LogP contribution in [-0.2, 0) is 16.6 Å². The molecule has 29 heavy (non-hydrogen) atoms. The van der Waals surface area contributed by atoms with Crippen LogP contribution in [0.3, 0.4) is 0 Å². The third-order valence-corrected chi connectivity index (χ3v) is 6.76. The van der Waals surface area contributed by atoms with Crippen molar-refractivity contribution in [2.75, 3.05) is 0 Å². The van der Waals surface area contributed by atoms with Gasteiger partial charge in [0.15, 0.2) is 6.29 Å². The SMILES string of the molecule is CC[C@H](Cn1cc(C=O)c2cc(F)ccc21)c1c(C)cc(C)c(S(N)(=O)=O)c1C. The summed E-state index contributed by atoms with van der Waals surface area (Å²) < 4.78 is 39.9.